The molecule has 1 aromatic heterocycles. The topological polar surface area (TPSA) is 63.7 Å². The van der Waals surface area contributed by atoms with Crippen LogP contribution >= 0.6 is 0 Å². The van der Waals surface area contributed by atoms with Crippen molar-refractivity contribution in [2.24, 2.45) is 5.92 Å². The van der Waals surface area contributed by atoms with E-state index in [1.807, 2.05) is 6.07 Å². The molecule has 1 aromatic rings. The molecule has 0 saturated carbocycles. The van der Waals surface area contributed by atoms with Crippen LogP contribution in [0.15, 0.2) is 18.3 Å². The summed E-state index contributed by atoms with van der Waals surface area (Å²) in [4.78, 5) is 18.5. The van der Waals surface area contributed by atoms with E-state index in [4.69, 9.17) is 9.47 Å². The van der Waals surface area contributed by atoms with E-state index in [2.05, 4.69) is 29.0 Å². The fourth-order valence-electron chi connectivity index (χ4n) is 2.90. The lowest BCUT2D eigenvalue weighted by atomic mass is 10.0. The second-order valence-electron chi connectivity index (χ2n) is 6.47. The van der Waals surface area contributed by atoms with Crippen LogP contribution in [0.25, 0.3) is 0 Å². The SMILES string of the molecule is CCOC(=O)c1ccc(NCC(CC(C)C)N2CCOCC2)nc1. The van der Waals surface area contributed by atoms with Crippen molar-refractivity contribution in [2.45, 2.75) is 33.2 Å². The van der Waals surface area contributed by atoms with Crippen LogP contribution in [0.3, 0.4) is 0 Å². The molecule has 0 bridgehead atoms. The number of ether oxygens (including phenoxy) is 2. The first-order valence-electron chi connectivity index (χ1n) is 8.79. The number of nitrogens with zero attached hydrogens (tertiary/aromatic N) is 2. The monoisotopic (exact) mass is 335 g/mol. The molecular formula is C18H29N3O3. The van der Waals surface area contributed by atoms with Gasteiger partial charge in [0.25, 0.3) is 0 Å². The second-order valence-corrected chi connectivity index (χ2v) is 6.47. The number of hydrogen-bond donors (Lipinski definition) is 1. The Bertz CT molecular complexity index is 499. The summed E-state index contributed by atoms with van der Waals surface area (Å²) in [7, 11) is 0. The molecule has 24 heavy (non-hydrogen) atoms. The highest BCUT2D eigenvalue weighted by molar-refractivity contribution is 5.89. The zero-order valence-electron chi connectivity index (χ0n) is 15.0. The minimum atomic E-state index is -0.331. The van der Waals surface area contributed by atoms with E-state index in [1.54, 1.807) is 19.2 Å². The molecule has 134 valence electrons. The van der Waals surface area contributed by atoms with Crippen molar-refractivity contribution in [2.75, 3.05) is 44.8 Å². The summed E-state index contributed by atoms with van der Waals surface area (Å²) in [6.07, 6.45) is 2.69. The summed E-state index contributed by atoms with van der Waals surface area (Å²) in [5.74, 6) is 1.09. The number of esters is 1. The molecular weight excluding hydrogens is 306 g/mol. The Morgan fingerprint density at radius 2 is 2.12 bits per heavy atom. The van der Waals surface area contributed by atoms with Gasteiger partial charge in [-0.1, -0.05) is 13.8 Å². The smallest absolute Gasteiger partial charge is 0.339 e. The van der Waals surface area contributed by atoms with E-state index in [1.165, 1.54) is 0 Å². The first kappa shape index (κ1) is 18.7. The van der Waals surface area contributed by atoms with Gasteiger partial charge in [-0.2, -0.15) is 0 Å². The van der Waals surface area contributed by atoms with Crippen LogP contribution in [0.4, 0.5) is 5.82 Å². The number of carbonyl (C=O) groups excluding carboxylic acids is 1. The molecule has 0 spiro atoms. The van der Waals surface area contributed by atoms with Crippen LogP contribution in [0.2, 0.25) is 0 Å². The Balaban J connectivity index is 1.91. The van der Waals surface area contributed by atoms with Crippen LogP contribution in [0, 0.1) is 5.92 Å². The lowest BCUT2D eigenvalue weighted by Gasteiger charge is -2.35. The molecule has 0 aromatic carbocycles. The van der Waals surface area contributed by atoms with Gasteiger partial charge in [0.2, 0.25) is 0 Å². The van der Waals surface area contributed by atoms with E-state index in [0.29, 0.717) is 24.1 Å². The Kier molecular flexibility index (Phi) is 7.46. The fraction of sp³-hybridized carbons (Fsp3) is 0.667. The molecule has 0 aliphatic carbocycles. The van der Waals surface area contributed by atoms with Crippen LogP contribution in [-0.4, -0.2) is 61.3 Å². The number of hydrogen-bond acceptors (Lipinski definition) is 6. The van der Waals surface area contributed by atoms with Crippen molar-refractivity contribution in [1.82, 2.24) is 9.88 Å². The number of morpholine rings is 1. The molecule has 1 saturated heterocycles. The van der Waals surface area contributed by atoms with E-state index in [-0.39, 0.29) is 5.97 Å². The van der Waals surface area contributed by atoms with Gasteiger partial charge in [-0.05, 0) is 31.4 Å². The molecule has 0 amide bonds. The van der Waals surface area contributed by atoms with Crippen molar-refractivity contribution >= 4 is 11.8 Å². The summed E-state index contributed by atoms with van der Waals surface area (Å²) < 4.78 is 10.4. The molecule has 2 heterocycles. The van der Waals surface area contributed by atoms with Crippen LogP contribution < -0.4 is 5.32 Å². The fourth-order valence-corrected chi connectivity index (χ4v) is 2.90. The van der Waals surface area contributed by atoms with Crippen molar-refractivity contribution in [3.05, 3.63) is 23.9 Å². The largest absolute Gasteiger partial charge is 0.462 e. The average Bonchev–Trinajstić information content (AvgIpc) is 2.60. The van der Waals surface area contributed by atoms with Crippen LogP contribution in [0.1, 0.15) is 37.6 Å². The number of pyridine rings is 1. The predicted octanol–water partition coefficient (Wildman–Crippen LogP) is 2.42. The molecule has 1 aliphatic rings. The number of rotatable bonds is 8. The van der Waals surface area contributed by atoms with Gasteiger partial charge in [0.15, 0.2) is 0 Å². The Morgan fingerprint density at radius 3 is 2.71 bits per heavy atom. The molecule has 1 atom stereocenters. The van der Waals surface area contributed by atoms with Gasteiger partial charge in [-0.3, -0.25) is 4.90 Å². The maximum atomic E-state index is 11.6. The summed E-state index contributed by atoms with van der Waals surface area (Å²) in [5, 5.41) is 3.40. The Morgan fingerprint density at radius 1 is 1.38 bits per heavy atom. The molecule has 1 N–H and O–H groups in total. The standard InChI is InChI=1S/C18H29N3O3/c1-4-24-18(22)15-5-6-17(19-12-15)20-13-16(11-14(2)3)21-7-9-23-10-8-21/h5-6,12,14,16H,4,7-11,13H2,1-3H3,(H,19,20). The minimum absolute atomic E-state index is 0.331. The molecule has 6 heteroatoms. The Labute approximate surface area is 144 Å². The maximum Gasteiger partial charge on any atom is 0.339 e. The number of aromatic nitrogens is 1. The third-order valence-electron chi connectivity index (χ3n) is 4.10. The third kappa shape index (κ3) is 5.76. The highest BCUT2D eigenvalue weighted by Crippen LogP contribution is 2.15. The molecule has 6 nitrogen and oxygen atoms in total. The summed E-state index contributed by atoms with van der Waals surface area (Å²) in [5.41, 5.74) is 0.481. The zero-order valence-corrected chi connectivity index (χ0v) is 15.0. The van der Waals surface area contributed by atoms with E-state index in [0.717, 1.165) is 45.1 Å². The number of nitrogens with one attached hydrogen (secondary N) is 1. The number of carbonyl (C=O) groups is 1. The van der Waals surface area contributed by atoms with Crippen LogP contribution in [-0.2, 0) is 9.47 Å². The van der Waals surface area contributed by atoms with E-state index in [9.17, 15) is 4.79 Å². The summed E-state index contributed by atoms with van der Waals surface area (Å²) >= 11 is 0. The van der Waals surface area contributed by atoms with Gasteiger partial charge in [-0.15, -0.1) is 0 Å². The number of anilines is 1. The lowest BCUT2D eigenvalue weighted by molar-refractivity contribution is 0.0150. The summed E-state index contributed by atoms with van der Waals surface area (Å²) in [6.45, 7) is 11.1. The predicted molar refractivity (Wildman–Crippen MR) is 94.3 cm³/mol. The highest BCUT2D eigenvalue weighted by Gasteiger charge is 2.21. The molecule has 2 rings (SSSR count). The van der Waals surface area contributed by atoms with Gasteiger partial charge < -0.3 is 14.8 Å². The van der Waals surface area contributed by atoms with Gasteiger partial charge >= 0.3 is 5.97 Å². The van der Waals surface area contributed by atoms with Gasteiger partial charge in [0.05, 0.1) is 25.4 Å². The molecule has 1 aliphatic heterocycles. The maximum absolute atomic E-state index is 11.6. The Hall–Kier alpha value is -1.66. The van der Waals surface area contributed by atoms with E-state index < -0.39 is 0 Å². The van der Waals surface area contributed by atoms with Gasteiger partial charge in [0.1, 0.15) is 5.82 Å². The van der Waals surface area contributed by atoms with Crippen molar-refractivity contribution < 1.29 is 14.3 Å². The normalized spacial score (nSPS) is 16.8. The molecule has 0 radical (unpaired) electrons. The second kappa shape index (κ2) is 9.59. The third-order valence-corrected chi connectivity index (χ3v) is 4.10. The van der Waals surface area contributed by atoms with Gasteiger partial charge in [-0.25, -0.2) is 9.78 Å². The molecule has 1 fully saturated rings. The van der Waals surface area contributed by atoms with Gasteiger partial charge in [0, 0.05) is 31.9 Å². The first-order valence-corrected chi connectivity index (χ1v) is 8.79. The average molecular weight is 335 g/mol. The zero-order chi connectivity index (χ0) is 17.4. The first-order chi connectivity index (χ1) is 11.6. The lowest BCUT2D eigenvalue weighted by Crippen LogP contribution is -2.47. The summed E-state index contributed by atoms with van der Waals surface area (Å²) in [6, 6.07) is 4.04. The quantitative estimate of drug-likeness (QED) is 0.736. The van der Waals surface area contributed by atoms with Crippen molar-refractivity contribution in [3.8, 4) is 0 Å². The van der Waals surface area contributed by atoms with Crippen molar-refractivity contribution in [1.29, 1.82) is 0 Å². The molecule has 1 unspecified atom stereocenters. The van der Waals surface area contributed by atoms with E-state index >= 15 is 0 Å². The minimum Gasteiger partial charge on any atom is -0.462 e. The van der Waals surface area contributed by atoms with Crippen LogP contribution in [0.5, 0.6) is 0 Å². The highest BCUT2D eigenvalue weighted by atomic mass is 16.5. The van der Waals surface area contributed by atoms with Crippen molar-refractivity contribution in [3.63, 3.8) is 0 Å².